The molecule has 0 aliphatic carbocycles. The van der Waals surface area contributed by atoms with Crippen molar-refractivity contribution in [2.24, 2.45) is 0 Å². The van der Waals surface area contributed by atoms with E-state index in [1.54, 1.807) is 0 Å². The van der Waals surface area contributed by atoms with Crippen molar-refractivity contribution in [1.82, 2.24) is 0 Å². The van der Waals surface area contributed by atoms with Crippen molar-refractivity contribution < 1.29 is 14.3 Å². The van der Waals surface area contributed by atoms with Gasteiger partial charge >= 0.3 is 0 Å². The largest absolute Gasteiger partial charge is 0.494 e. The summed E-state index contributed by atoms with van der Waals surface area (Å²) in [6, 6.07) is 17.0. The van der Waals surface area contributed by atoms with Crippen molar-refractivity contribution in [2.75, 3.05) is 18.5 Å². The molecule has 0 aliphatic heterocycles. The molecular formula is C21H27NO3. The van der Waals surface area contributed by atoms with Gasteiger partial charge in [0.25, 0.3) is 0 Å². The summed E-state index contributed by atoms with van der Waals surface area (Å²) in [5, 5.41) is 2.86. The molecule has 0 saturated carbocycles. The molecular weight excluding hydrogens is 314 g/mol. The number of carbonyl (C=O) groups excluding carboxylic acids is 1. The van der Waals surface area contributed by atoms with Gasteiger partial charge in [-0.2, -0.15) is 0 Å². The van der Waals surface area contributed by atoms with Gasteiger partial charge in [-0.3, -0.25) is 4.79 Å². The standard InChI is InChI=1S/C21H27NO3/c1-2-3-4-8-16-24-20-13-11-18(12-14-20)22-21(23)15-17-25-19-9-6-5-7-10-19/h5-7,9-14H,2-4,8,15-17H2,1H3,(H,22,23). The molecule has 2 aromatic carbocycles. The minimum absolute atomic E-state index is 0.0656. The predicted octanol–water partition coefficient (Wildman–Crippen LogP) is 5.05. The molecule has 2 rings (SSSR count). The molecule has 1 amide bonds. The van der Waals surface area contributed by atoms with Crippen molar-refractivity contribution in [1.29, 1.82) is 0 Å². The SMILES string of the molecule is CCCCCCOc1ccc(NC(=O)CCOc2ccccc2)cc1. The topological polar surface area (TPSA) is 47.6 Å². The van der Waals surface area contributed by atoms with E-state index in [0.29, 0.717) is 13.0 Å². The number of unbranched alkanes of at least 4 members (excludes halogenated alkanes) is 3. The van der Waals surface area contributed by atoms with E-state index in [9.17, 15) is 4.79 Å². The highest BCUT2D eigenvalue weighted by Gasteiger charge is 2.03. The third-order valence-electron chi connectivity index (χ3n) is 3.75. The van der Waals surface area contributed by atoms with E-state index in [4.69, 9.17) is 9.47 Å². The molecule has 25 heavy (non-hydrogen) atoms. The fourth-order valence-corrected chi connectivity index (χ4v) is 2.36. The van der Waals surface area contributed by atoms with Crippen molar-refractivity contribution >= 4 is 11.6 Å². The molecule has 0 aromatic heterocycles. The maximum absolute atomic E-state index is 11.9. The monoisotopic (exact) mass is 341 g/mol. The molecule has 134 valence electrons. The zero-order chi connectivity index (χ0) is 17.7. The third-order valence-corrected chi connectivity index (χ3v) is 3.75. The summed E-state index contributed by atoms with van der Waals surface area (Å²) < 4.78 is 11.2. The van der Waals surface area contributed by atoms with Gasteiger partial charge in [-0.25, -0.2) is 0 Å². The molecule has 1 N–H and O–H groups in total. The summed E-state index contributed by atoms with van der Waals surface area (Å²) in [6.07, 6.45) is 5.07. The number of amides is 1. The number of nitrogens with one attached hydrogen (secondary N) is 1. The summed E-state index contributed by atoms with van der Waals surface area (Å²) in [7, 11) is 0. The van der Waals surface area contributed by atoms with Crippen LogP contribution in [0.3, 0.4) is 0 Å². The average molecular weight is 341 g/mol. The highest BCUT2D eigenvalue weighted by molar-refractivity contribution is 5.90. The van der Waals surface area contributed by atoms with E-state index < -0.39 is 0 Å². The lowest BCUT2D eigenvalue weighted by Crippen LogP contribution is -2.15. The number of benzene rings is 2. The van der Waals surface area contributed by atoms with Crippen LogP contribution in [0.4, 0.5) is 5.69 Å². The molecule has 0 bridgehead atoms. The first-order valence-electron chi connectivity index (χ1n) is 8.98. The highest BCUT2D eigenvalue weighted by atomic mass is 16.5. The molecule has 0 radical (unpaired) electrons. The summed E-state index contributed by atoms with van der Waals surface area (Å²) in [5.74, 6) is 1.54. The molecule has 0 spiro atoms. The van der Waals surface area contributed by atoms with Crippen LogP contribution in [0.5, 0.6) is 11.5 Å². The molecule has 0 fully saturated rings. The van der Waals surface area contributed by atoms with Crippen LogP contribution in [0, 0.1) is 0 Å². The number of carbonyl (C=O) groups is 1. The van der Waals surface area contributed by atoms with Gasteiger partial charge in [0.15, 0.2) is 0 Å². The van der Waals surface area contributed by atoms with Gasteiger partial charge in [0.05, 0.1) is 19.6 Å². The van der Waals surface area contributed by atoms with Gasteiger partial charge < -0.3 is 14.8 Å². The van der Waals surface area contributed by atoms with E-state index >= 15 is 0 Å². The third kappa shape index (κ3) is 7.75. The molecule has 0 heterocycles. The van der Waals surface area contributed by atoms with Crippen LogP contribution in [0.25, 0.3) is 0 Å². The van der Waals surface area contributed by atoms with Crippen LogP contribution in [0.1, 0.15) is 39.0 Å². The Kier molecular flexibility index (Phi) is 8.39. The van der Waals surface area contributed by atoms with Crippen LogP contribution < -0.4 is 14.8 Å². The van der Waals surface area contributed by atoms with Crippen LogP contribution in [-0.2, 0) is 4.79 Å². The van der Waals surface area contributed by atoms with Gasteiger partial charge in [-0.15, -0.1) is 0 Å². The average Bonchev–Trinajstić information content (AvgIpc) is 2.64. The minimum atomic E-state index is -0.0656. The number of hydrogen-bond acceptors (Lipinski definition) is 3. The van der Waals surface area contributed by atoms with E-state index in [2.05, 4.69) is 12.2 Å². The molecule has 0 unspecified atom stereocenters. The Morgan fingerprint density at radius 2 is 1.52 bits per heavy atom. The molecule has 0 aliphatic rings. The Morgan fingerprint density at radius 3 is 2.24 bits per heavy atom. The van der Waals surface area contributed by atoms with E-state index in [-0.39, 0.29) is 5.91 Å². The van der Waals surface area contributed by atoms with E-state index in [0.717, 1.165) is 30.2 Å². The summed E-state index contributed by atoms with van der Waals surface area (Å²) >= 11 is 0. The fourth-order valence-electron chi connectivity index (χ4n) is 2.36. The first-order valence-corrected chi connectivity index (χ1v) is 8.98. The van der Waals surface area contributed by atoms with Crippen LogP contribution in [-0.4, -0.2) is 19.1 Å². The van der Waals surface area contributed by atoms with Crippen molar-refractivity contribution in [3.05, 3.63) is 54.6 Å². The van der Waals surface area contributed by atoms with Gasteiger partial charge in [0, 0.05) is 5.69 Å². The van der Waals surface area contributed by atoms with Crippen molar-refractivity contribution in [2.45, 2.75) is 39.0 Å². The Balaban J connectivity index is 1.65. The Labute approximate surface area is 150 Å². The predicted molar refractivity (Wildman–Crippen MR) is 101 cm³/mol. The Hall–Kier alpha value is -2.49. The molecule has 0 saturated heterocycles. The molecule has 4 nitrogen and oxygen atoms in total. The summed E-state index contributed by atoms with van der Waals surface area (Å²) in [4.78, 5) is 11.9. The first kappa shape index (κ1) is 18.8. The van der Waals surface area contributed by atoms with E-state index in [1.165, 1.54) is 19.3 Å². The molecule has 4 heteroatoms. The zero-order valence-electron chi connectivity index (χ0n) is 14.9. The number of rotatable bonds is 11. The number of hydrogen-bond donors (Lipinski definition) is 1. The molecule has 0 atom stereocenters. The van der Waals surface area contributed by atoms with Gasteiger partial charge in [-0.05, 0) is 42.8 Å². The van der Waals surface area contributed by atoms with Gasteiger partial charge in [0.2, 0.25) is 5.91 Å². The Bertz CT molecular complexity index is 611. The second kappa shape index (κ2) is 11.1. The van der Waals surface area contributed by atoms with Crippen molar-refractivity contribution in [3.8, 4) is 11.5 Å². The number of ether oxygens (including phenoxy) is 2. The lowest BCUT2D eigenvalue weighted by atomic mass is 10.2. The highest BCUT2D eigenvalue weighted by Crippen LogP contribution is 2.16. The summed E-state index contributed by atoms with van der Waals surface area (Å²) in [6.45, 7) is 3.29. The second-order valence-electron chi connectivity index (χ2n) is 5.89. The first-order chi connectivity index (χ1) is 12.3. The normalized spacial score (nSPS) is 10.3. The quantitative estimate of drug-likeness (QED) is 0.582. The fraction of sp³-hybridized carbons (Fsp3) is 0.381. The lowest BCUT2D eigenvalue weighted by Gasteiger charge is -2.09. The second-order valence-corrected chi connectivity index (χ2v) is 5.89. The minimum Gasteiger partial charge on any atom is -0.494 e. The van der Waals surface area contributed by atoms with Gasteiger partial charge in [0.1, 0.15) is 11.5 Å². The van der Waals surface area contributed by atoms with Gasteiger partial charge in [-0.1, -0.05) is 44.4 Å². The maximum Gasteiger partial charge on any atom is 0.227 e. The van der Waals surface area contributed by atoms with Crippen molar-refractivity contribution in [3.63, 3.8) is 0 Å². The van der Waals surface area contributed by atoms with Crippen LogP contribution in [0.2, 0.25) is 0 Å². The summed E-state index contributed by atoms with van der Waals surface area (Å²) in [5.41, 5.74) is 0.767. The van der Waals surface area contributed by atoms with Crippen LogP contribution >= 0.6 is 0 Å². The zero-order valence-corrected chi connectivity index (χ0v) is 14.9. The smallest absolute Gasteiger partial charge is 0.227 e. The number of anilines is 1. The van der Waals surface area contributed by atoms with Crippen LogP contribution in [0.15, 0.2) is 54.6 Å². The number of para-hydroxylation sites is 1. The Morgan fingerprint density at radius 1 is 0.840 bits per heavy atom. The van der Waals surface area contributed by atoms with E-state index in [1.807, 2.05) is 54.6 Å². The molecule has 2 aromatic rings. The lowest BCUT2D eigenvalue weighted by molar-refractivity contribution is -0.116. The maximum atomic E-state index is 11.9.